The summed E-state index contributed by atoms with van der Waals surface area (Å²) in [6, 6.07) is 8.32. The lowest BCUT2D eigenvalue weighted by atomic mass is 9.97. The molecule has 222 valence electrons. The van der Waals surface area contributed by atoms with Crippen LogP contribution in [0.5, 0.6) is 0 Å². The van der Waals surface area contributed by atoms with Crippen LogP contribution in [0.1, 0.15) is 57.6 Å². The van der Waals surface area contributed by atoms with E-state index >= 15 is 4.39 Å². The summed E-state index contributed by atoms with van der Waals surface area (Å²) in [5.41, 5.74) is 3.59. The van der Waals surface area contributed by atoms with Gasteiger partial charge in [-0.25, -0.2) is 28.7 Å². The van der Waals surface area contributed by atoms with E-state index in [4.69, 9.17) is 4.98 Å². The van der Waals surface area contributed by atoms with E-state index < -0.39 is 11.6 Å². The molecule has 0 bridgehead atoms. The first-order valence-electron chi connectivity index (χ1n) is 15.1. The van der Waals surface area contributed by atoms with E-state index in [0.29, 0.717) is 41.4 Å². The topological polar surface area (TPSA) is 75.0 Å². The minimum absolute atomic E-state index is 0.0281. The Morgan fingerprint density at radius 2 is 1.76 bits per heavy atom. The van der Waals surface area contributed by atoms with Gasteiger partial charge in [-0.15, -0.1) is 0 Å². The number of nitrogens with zero attached hydrogens (tertiary/aromatic N) is 7. The van der Waals surface area contributed by atoms with Crippen molar-refractivity contribution in [3.05, 3.63) is 59.2 Å². The number of halogens is 2. The normalized spacial score (nSPS) is 17.0. The summed E-state index contributed by atoms with van der Waals surface area (Å²) in [6.07, 6.45) is 4.42. The van der Waals surface area contributed by atoms with Crippen molar-refractivity contribution in [2.75, 3.05) is 25.0 Å². The number of hydrogen-bond donors (Lipinski definition) is 1. The number of imidazole rings is 1. The van der Waals surface area contributed by atoms with E-state index in [0.717, 1.165) is 50.3 Å². The van der Waals surface area contributed by atoms with Crippen LogP contribution in [0, 0.1) is 24.5 Å². The predicted molar refractivity (Wildman–Crippen MR) is 162 cm³/mol. The highest BCUT2D eigenvalue weighted by Crippen LogP contribution is 2.30. The number of rotatable bonds is 7. The number of hydrogen-bond acceptors (Lipinski definition) is 7. The molecule has 0 unspecified atom stereocenters. The van der Waals surface area contributed by atoms with E-state index in [1.807, 2.05) is 17.6 Å². The first-order valence-corrected chi connectivity index (χ1v) is 15.1. The molecule has 8 nitrogen and oxygen atoms in total. The highest BCUT2D eigenvalue weighted by molar-refractivity contribution is 5.83. The van der Waals surface area contributed by atoms with Gasteiger partial charge in [-0.05, 0) is 76.4 Å². The number of benzene rings is 1. The Morgan fingerprint density at radius 3 is 2.50 bits per heavy atom. The summed E-state index contributed by atoms with van der Waals surface area (Å²) in [5.74, 6) is 0.755. The molecule has 1 N–H and O–H groups in total. The van der Waals surface area contributed by atoms with Gasteiger partial charge in [-0.1, -0.05) is 19.9 Å². The maximum atomic E-state index is 15.1. The Balaban J connectivity index is 1.20. The number of piperidine rings is 1. The quantitative estimate of drug-likeness (QED) is 0.286. The molecule has 1 saturated heterocycles. The molecule has 4 aromatic rings. The van der Waals surface area contributed by atoms with Crippen LogP contribution < -0.4 is 5.32 Å². The average Bonchev–Trinajstić information content (AvgIpc) is 3.28. The lowest BCUT2D eigenvalue weighted by molar-refractivity contribution is 0.0834. The number of nitrogens with one attached hydrogen (secondary N) is 1. The van der Waals surface area contributed by atoms with Crippen LogP contribution in [0.4, 0.5) is 20.5 Å². The maximum Gasteiger partial charge on any atom is 0.229 e. The van der Waals surface area contributed by atoms with Crippen LogP contribution in [-0.4, -0.2) is 66.0 Å². The summed E-state index contributed by atoms with van der Waals surface area (Å²) in [4.78, 5) is 23.0. The van der Waals surface area contributed by atoms with Crippen molar-refractivity contribution < 1.29 is 8.78 Å². The number of pyridine rings is 1. The van der Waals surface area contributed by atoms with Crippen LogP contribution in [0.15, 0.2) is 30.5 Å². The molecule has 0 atom stereocenters. The molecule has 3 aromatic heterocycles. The highest BCUT2D eigenvalue weighted by atomic mass is 19.1. The number of aromatic nitrogens is 5. The fourth-order valence-electron chi connectivity index (χ4n) is 6.36. The van der Waals surface area contributed by atoms with Gasteiger partial charge < -0.3 is 14.8 Å². The first kappa shape index (κ1) is 28.6. The van der Waals surface area contributed by atoms with Crippen molar-refractivity contribution in [1.82, 2.24) is 34.3 Å². The fourth-order valence-corrected chi connectivity index (χ4v) is 6.36. The van der Waals surface area contributed by atoms with Gasteiger partial charge in [0.1, 0.15) is 22.9 Å². The summed E-state index contributed by atoms with van der Waals surface area (Å²) in [5, 5.41) is 3.14. The molecule has 2 aliphatic heterocycles. The third kappa shape index (κ3) is 5.74. The molecule has 2 aliphatic rings. The van der Waals surface area contributed by atoms with Gasteiger partial charge in [-0.3, -0.25) is 4.90 Å². The van der Waals surface area contributed by atoms with Crippen LogP contribution in [0.3, 0.4) is 0 Å². The van der Waals surface area contributed by atoms with E-state index in [9.17, 15) is 4.39 Å². The van der Waals surface area contributed by atoms with E-state index in [1.165, 1.54) is 24.5 Å². The third-order valence-corrected chi connectivity index (χ3v) is 8.63. The van der Waals surface area contributed by atoms with Crippen molar-refractivity contribution in [3.8, 4) is 11.3 Å². The molecule has 10 heteroatoms. The van der Waals surface area contributed by atoms with Crippen LogP contribution in [0.2, 0.25) is 0 Å². The first-order chi connectivity index (χ1) is 20.2. The Kier molecular flexibility index (Phi) is 7.93. The Hall–Kier alpha value is -3.50. The van der Waals surface area contributed by atoms with Crippen LogP contribution in [-0.2, 0) is 19.5 Å². The Morgan fingerprint density at radius 1 is 0.976 bits per heavy atom. The summed E-state index contributed by atoms with van der Waals surface area (Å²) < 4.78 is 32.1. The molecule has 0 saturated carbocycles. The molecular formula is C32H40F2N8. The lowest BCUT2D eigenvalue weighted by Gasteiger charge is -2.41. The second kappa shape index (κ2) is 11.6. The number of fused-ring (bicyclic) bond motifs is 2. The molecule has 1 aromatic carbocycles. The molecule has 0 radical (unpaired) electrons. The van der Waals surface area contributed by atoms with Crippen molar-refractivity contribution in [2.24, 2.45) is 5.92 Å². The molecule has 5 heterocycles. The third-order valence-electron chi connectivity index (χ3n) is 8.63. The zero-order valence-electron chi connectivity index (χ0n) is 25.2. The second-order valence-corrected chi connectivity index (χ2v) is 12.4. The van der Waals surface area contributed by atoms with E-state index in [1.54, 1.807) is 6.07 Å². The Labute approximate surface area is 246 Å². The number of aryl methyl sites for hydroxylation is 1. The van der Waals surface area contributed by atoms with Crippen LogP contribution >= 0.6 is 0 Å². The zero-order chi connectivity index (χ0) is 29.5. The second-order valence-electron chi connectivity index (χ2n) is 12.4. The van der Waals surface area contributed by atoms with Crippen molar-refractivity contribution >= 4 is 22.8 Å². The smallest absolute Gasteiger partial charge is 0.229 e. The van der Waals surface area contributed by atoms with Gasteiger partial charge in [0, 0.05) is 49.4 Å². The van der Waals surface area contributed by atoms with Crippen LogP contribution in [0.25, 0.3) is 22.3 Å². The van der Waals surface area contributed by atoms with Gasteiger partial charge in [0.05, 0.1) is 11.7 Å². The fraction of sp³-hybridized carbons (Fsp3) is 0.500. The average molecular weight is 575 g/mol. The highest BCUT2D eigenvalue weighted by Gasteiger charge is 2.28. The maximum absolute atomic E-state index is 15.1. The largest absolute Gasteiger partial charge is 0.328 e. The predicted octanol–water partition coefficient (Wildman–Crippen LogP) is 6.11. The van der Waals surface area contributed by atoms with Crippen molar-refractivity contribution in [2.45, 2.75) is 79.1 Å². The van der Waals surface area contributed by atoms with Gasteiger partial charge in [0.15, 0.2) is 11.6 Å². The van der Waals surface area contributed by atoms with Gasteiger partial charge in [0.2, 0.25) is 5.95 Å². The van der Waals surface area contributed by atoms with Gasteiger partial charge >= 0.3 is 0 Å². The lowest BCUT2D eigenvalue weighted by Crippen LogP contribution is -2.48. The minimum atomic E-state index is -0.622. The molecule has 42 heavy (non-hydrogen) atoms. The monoisotopic (exact) mass is 574 g/mol. The standard InChI is InChI=1S/C32H40F2N8/c1-19(2)17-42-21(5)36-31-25(33)14-23(15-28(31)42)30-26(34)16-35-32(39-30)38-29-7-6-22-18-41(13-10-27(22)37-29)24-8-11-40(12-9-24)20(3)4/h6-7,14-16,19-20,24H,8-13,17-18H2,1-5H3,(H,35,37,38,39). The van der Waals surface area contributed by atoms with E-state index in [-0.39, 0.29) is 17.2 Å². The molecular weight excluding hydrogens is 534 g/mol. The SMILES string of the molecule is Cc1nc2c(F)cc(-c3nc(Nc4ccc5c(n4)CCN(C4CCN(C(C)C)CC4)C5)ncc3F)cc2n1CC(C)C. The van der Waals surface area contributed by atoms with Gasteiger partial charge in [-0.2, -0.15) is 0 Å². The summed E-state index contributed by atoms with van der Waals surface area (Å²) in [6.45, 7) is 15.5. The zero-order valence-corrected chi connectivity index (χ0v) is 25.2. The molecule has 6 rings (SSSR count). The minimum Gasteiger partial charge on any atom is -0.328 e. The molecule has 0 spiro atoms. The Bertz CT molecular complexity index is 1590. The molecule has 1 fully saturated rings. The number of likely N-dealkylation sites (tertiary alicyclic amines) is 1. The van der Waals surface area contributed by atoms with E-state index in [2.05, 4.69) is 63.8 Å². The van der Waals surface area contributed by atoms with Crippen molar-refractivity contribution in [1.29, 1.82) is 0 Å². The summed E-state index contributed by atoms with van der Waals surface area (Å²) >= 11 is 0. The number of anilines is 2. The molecule has 0 amide bonds. The van der Waals surface area contributed by atoms with Crippen molar-refractivity contribution in [3.63, 3.8) is 0 Å². The molecule has 0 aliphatic carbocycles. The van der Waals surface area contributed by atoms with Gasteiger partial charge in [0.25, 0.3) is 0 Å². The summed E-state index contributed by atoms with van der Waals surface area (Å²) in [7, 11) is 0.